The number of rotatable bonds is 9. The molecule has 0 amide bonds. The van der Waals surface area contributed by atoms with Crippen molar-refractivity contribution in [1.82, 2.24) is 0 Å². The van der Waals surface area contributed by atoms with Crippen molar-refractivity contribution in [3.63, 3.8) is 0 Å². The summed E-state index contributed by atoms with van der Waals surface area (Å²) in [7, 11) is 1.67. The highest BCUT2D eigenvalue weighted by Crippen LogP contribution is 2.39. The Morgan fingerprint density at radius 3 is 2.81 bits per heavy atom. The topological polar surface area (TPSA) is 65.0 Å². The molecule has 1 fully saturated rings. The van der Waals surface area contributed by atoms with E-state index in [1.165, 1.54) is 0 Å². The summed E-state index contributed by atoms with van der Waals surface area (Å²) in [4.78, 5) is 10.6. The summed E-state index contributed by atoms with van der Waals surface area (Å²) in [6.45, 7) is 4.92. The number of allylic oxidation sites excluding steroid dienone is 2. The van der Waals surface area contributed by atoms with Crippen molar-refractivity contribution >= 4 is 5.97 Å². The van der Waals surface area contributed by atoms with Gasteiger partial charge in [-0.2, -0.15) is 0 Å². The Morgan fingerprint density at radius 1 is 1.35 bits per heavy atom. The Balaban J connectivity index is 2.10. The van der Waals surface area contributed by atoms with Gasteiger partial charge in [0.2, 0.25) is 0 Å². The van der Waals surface area contributed by atoms with Gasteiger partial charge in [0.1, 0.15) is 5.75 Å². The Bertz CT molecular complexity index is 596. The van der Waals surface area contributed by atoms with Gasteiger partial charge in [0.25, 0.3) is 0 Å². The average molecular weight is 362 g/mol. The van der Waals surface area contributed by atoms with Crippen molar-refractivity contribution in [2.24, 2.45) is 11.8 Å². The van der Waals surface area contributed by atoms with Gasteiger partial charge in [-0.25, -0.2) is 0 Å². The van der Waals surface area contributed by atoms with Crippen molar-refractivity contribution in [2.75, 3.05) is 13.7 Å². The first-order valence-corrected chi connectivity index (χ1v) is 9.28. The number of benzene rings is 1. The van der Waals surface area contributed by atoms with E-state index in [4.69, 9.17) is 19.3 Å². The maximum absolute atomic E-state index is 10.6. The minimum Gasteiger partial charge on any atom is -0.496 e. The van der Waals surface area contributed by atoms with Crippen LogP contribution in [0.3, 0.4) is 0 Å². The number of carboxylic acid groups (broad SMARTS) is 1. The molecule has 0 saturated carbocycles. The molecule has 1 aliphatic rings. The molecule has 3 atom stereocenters. The van der Waals surface area contributed by atoms with E-state index in [1.54, 1.807) is 7.11 Å². The van der Waals surface area contributed by atoms with Gasteiger partial charge < -0.3 is 19.3 Å². The molecule has 1 aromatic rings. The third-order valence-electron chi connectivity index (χ3n) is 4.46. The second-order valence-electron chi connectivity index (χ2n) is 7.09. The third kappa shape index (κ3) is 6.15. The smallest absolute Gasteiger partial charge is 0.303 e. The van der Waals surface area contributed by atoms with E-state index in [0.29, 0.717) is 18.9 Å². The normalized spacial score (nSPS) is 23.5. The van der Waals surface area contributed by atoms with Crippen LogP contribution >= 0.6 is 0 Å². The zero-order valence-electron chi connectivity index (χ0n) is 15.9. The predicted molar refractivity (Wildman–Crippen MR) is 100 cm³/mol. The van der Waals surface area contributed by atoms with Gasteiger partial charge >= 0.3 is 5.97 Å². The molecule has 1 heterocycles. The van der Waals surface area contributed by atoms with Gasteiger partial charge in [-0.15, -0.1) is 0 Å². The van der Waals surface area contributed by atoms with Crippen LogP contribution in [0.1, 0.15) is 51.2 Å². The Labute approximate surface area is 156 Å². The minimum absolute atomic E-state index is 0.104. The quantitative estimate of drug-likeness (QED) is 0.651. The average Bonchev–Trinajstić information content (AvgIpc) is 2.61. The van der Waals surface area contributed by atoms with Crippen molar-refractivity contribution in [2.45, 2.75) is 51.9 Å². The number of hydrogen-bond acceptors (Lipinski definition) is 4. The maximum Gasteiger partial charge on any atom is 0.303 e. The number of methoxy groups -OCH3 is 1. The van der Waals surface area contributed by atoms with Gasteiger partial charge in [0.05, 0.1) is 19.8 Å². The fourth-order valence-corrected chi connectivity index (χ4v) is 3.16. The zero-order chi connectivity index (χ0) is 18.9. The van der Waals surface area contributed by atoms with Crippen LogP contribution in [0.4, 0.5) is 0 Å². The number of carbonyl (C=O) groups is 1. The number of para-hydroxylation sites is 1. The van der Waals surface area contributed by atoms with E-state index < -0.39 is 5.97 Å². The molecule has 1 aliphatic heterocycles. The lowest BCUT2D eigenvalue weighted by molar-refractivity contribution is -0.244. The molecular weight excluding hydrogens is 332 g/mol. The van der Waals surface area contributed by atoms with Crippen molar-refractivity contribution < 1.29 is 24.1 Å². The fourth-order valence-electron chi connectivity index (χ4n) is 3.16. The number of aliphatic carboxylic acids is 1. The molecule has 2 rings (SSSR count). The van der Waals surface area contributed by atoms with E-state index in [1.807, 2.05) is 36.4 Å². The summed E-state index contributed by atoms with van der Waals surface area (Å²) in [6, 6.07) is 7.94. The van der Waals surface area contributed by atoms with Crippen LogP contribution in [0.15, 0.2) is 36.4 Å². The number of ether oxygens (including phenoxy) is 3. The molecule has 5 nitrogen and oxygen atoms in total. The minimum atomic E-state index is -0.776. The van der Waals surface area contributed by atoms with Crippen LogP contribution in [0.5, 0.6) is 5.75 Å². The molecule has 1 aromatic carbocycles. The number of hydrogen-bond donors (Lipinski definition) is 1. The highest BCUT2D eigenvalue weighted by atomic mass is 16.7. The molecule has 1 N–H and O–H groups in total. The third-order valence-corrected chi connectivity index (χ3v) is 4.46. The second-order valence-corrected chi connectivity index (χ2v) is 7.09. The monoisotopic (exact) mass is 362 g/mol. The molecule has 5 heteroatoms. The Hall–Kier alpha value is -1.85. The Morgan fingerprint density at radius 2 is 2.12 bits per heavy atom. The van der Waals surface area contributed by atoms with E-state index in [0.717, 1.165) is 24.2 Å². The van der Waals surface area contributed by atoms with Crippen LogP contribution < -0.4 is 4.74 Å². The first kappa shape index (κ1) is 20.5. The van der Waals surface area contributed by atoms with Crippen molar-refractivity contribution in [1.29, 1.82) is 0 Å². The fraction of sp³-hybridized carbons (Fsp3) is 0.571. The Kier molecular flexibility index (Phi) is 8.13. The molecule has 0 aliphatic carbocycles. The van der Waals surface area contributed by atoms with Crippen LogP contribution in [-0.4, -0.2) is 31.1 Å². The summed E-state index contributed by atoms with van der Waals surface area (Å²) in [5.41, 5.74) is 1.04. The standard InChI is InChI=1S/C21H30O5/c1-15(2)13-20-25-14-16(9-5-4-6-12-19(22)23)21(26-20)17-10-7-8-11-18(17)24-3/h4-5,7-8,10-11,15-16,20-21H,6,9,12-14H2,1-3H3,(H,22,23)/b5-4-. The van der Waals surface area contributed by atoms with E-state index in [-0.39, 0.29) is 24.7 Å². The van der Waals surface area contributed by atoms with Crippen molar-refractivity contribution in [3.8, 4) is 5.75 Å². The largest absolute Gasteiger partial charge is 0.496 e. The van der Waals surface area contributed by atoms with Crippen LogP contribution in [-0.2, 0) is 14.3 Å². The molecule has 0 aromatic heterocycles. The zero-order valence-corrected chi connectivity index (χ0v) is 15.9. The molecule has 3 unspecified atom stereocenters. The first-order valence-electron chi connectivity index (χ1n) is 9.28. The lowest BCUT2D eigenvalue weighted by Crippen LogP contribution is -2.35. The van der Waals surface area contributed by atoms with Crippen LogP contribution in [0.2, 0.25) is 0 Å². The van der Waals surface area contributed by atoms with E-state index >= 15 is 0 Å². The summed E-state index contributed by atoms with van der Waals surface area (Å²) in [6.07, 6.45) is 5.97. The van der Waals surface area contributed by atoms with Crippen LogP contribution in [0.25, 0.3) is 0 Å². The van der Waals surface area contributed by atoms with Crippen molar-refractivity contribution in [3.05, 3.63) is 42.0 Å². The summed E-state index contributed by atoms with van der Waals surface area (Å²) >= 11 is 0. The van der Waals surface area contributed by atoms with Gasteiger partial charge in [-0.1, -0.05) is 44.2 Å². The van der Waals surface area contributed by atoms with Gasteiger partial charge in [-0.3, -0.25) is 4.79 Å². The summed E-state index contributed by atoms with van der Waals surface area (Å²) in [5.74, 6) is 0.700. The summed E-state index contributed by atoms with van der Waals surface area (Å²) < 4.78 is 17.8. The summed E-state index contributed by atoms with van der Waals surface area (Å²) in [5, 5.41) is 8.72. The van der Waals surface area contributed by atoms with Gasteiger partial charge in [0, 0.05) is 24.3 Å². The molecular formula is C21H30O5. The van der Waals surface area contributed by atoms with Gasteiger partial charge in [0.15, 0.2) is 6.29 Å². The molecule has 0 bridgehead atoms. The lowest BCUT2D eigenvalue weighted by Gasteiger charge is -2.37. The highest BCUT2D eigenvalue weighted by molar-refractivity contribution is 5.66. The van der Waals surface area contributed by atoms with E-state index in [2.05, 4.69) is 13.8 Å². The molecule has 26 heavy (non-hydrogen) atoms. The van der Waals surface area contributed by atoms with E-state index in [9.17, 15) is 4.79 Å². The maximum atomic E-state index is 10.6. The molecule has 0 radical (unpaired) electrons. The molecule has 0 spiro atoms. The highest BCUT2D eigenvalue weighted by Gasteiger charge is 2.34. The second kappa shape index (κ2) is 10.3. The first-order chi connectivity index (χ1) is 12.5. The molecule has 1 saturated heterocycles. The SMILES string of the molecule is COc1ccccc1C1OC(CC(C)C)OCC1C/C=C\CCC(=O)O. The lowest BCUT2D eigenvalue weighted by atomic mass is 9.91. The van der Waals surface area contributed by atoms with Gasteiger partial charge in [-0.05, 0) is 24.8 Å². The predicted octanol–water partition coefficient (Wildman–Crippen LogP) is 4.58. The van der Waals surface area contributed by atoms with Crippen LogP contribution in [0, 0.1) is 11.8 Å². The molecule has 144 valence electrons. The number of carboxylic acids is 1.